The molecule has 0 aliphatic carbocycles. The molecule has 0 aromatic heterocycles. The van der Waals surface area contributed by atoms with Crippen molar-refractivity contribution in [3.8, 4) is 0 Å². The van der Waals surface area contributed by atoms with Crippen LogP contribution < -0.4 is 5.73 Å². The highest BCUT2D eigenvalue weighted by Gasteiger charge is 2.11. The first kappa shape index (κ1) is 11.9. The fourth-order valence-corrected chi connectivity index (χ4v) is 1.52. The van der Waals surface area contributed by atoms with Crippen molar-refractivity contribution in [1.82, 2.24) is 0 Å². The van der Waals surface area contributed by atoms with Crippen molar-refractivity contribution in [3.63, 3.8) is 0 Å². The molecule has 0 atom stereocenters. The van der Waals surface area contributed by atoms with Crippen LogP contribution in [0.5, 0.6) is 0 Å². The first-order valence-electron chi connectivity index (χ1n) is 4.75. The molecule has 0 radical (unpaired) electrons. The van der Waals surface area contributed by atoms with E-state index in [0.717, 1.165) is 11.1 Å². The van der Waals surface area contributed by atoms with Crippen LogP contribution in [0, 0.1) is 6.92 Å². The zero-order chi connectivity index (χ0) is 11.4. The van der Waals surface area contributed by atoms with Gasteiger partial charge in [-0.05, 0) is 37.1 Å². The number of nitrogen functional groups attached to an aromatic ring is 1. The first-order chi connectivity index (χ1) is 7.06. The van der Waals surface area contributed by atoms with Crippen molar-refractivity contribution in [2.24, 2.45) is 0 Å². The van der Waals surface area contributed by atoms with Crippen LogP contribution in [0.1, 0.15) is 18.1 Å². The van der Waals surface area contributed by atoms with Gasteiger partial charge in [-0.2, -0.15) is 0 Å². The van der Waals surface area contributed by atoms with E-state index in [1.807, 2.05) is 6.92 Å². The molecule has 1 aromatic rings. The van der Waals surface area contributed by atoms with E-state index >= 15 is 0 Å². The minimum Gasteiger partial charge on any atom is -0.466 e. The number of carbonyl (C=O) groups excluding carboxylic acids is 1. The van der Waals surface area contributed by atoms with Gasteiger partial charge in [-0.3, -0.25) is 4.79 Å². The molecule has 0 saturated heterocycles. The lowest BCUT2D eigenvalue weighted by molar-refractivity contribution is -0.142. The van der Waals surface area contributed by atoms with Crippen LogP contribution in [0.25, 0.3) is 0 Å². The fraction of sp³-hybridized carbons (Fsp3) is 0.364. The highest BCUT2D eigenvalue weighted by Crippen LogP contribution is 2.24. The van der Waals surface area contributed by atoms with Gasteiger partial charge in [0.2, 0.25) is 0 Å². The standard InChI is InChI=1S/C11H14ClNO2/c1-3-15-11(14)6-8-7(2)9(12)4-5-10(8)13/h4-5H,3,6,13H2,1-2H3. The Labute approximate surface area is 94.2 Å². The van der Waals surface area contributed by atoms with Gasteiger partial charge in [-0.1, -0.05) is 11.6 Å². The summed E-state index contributed by atoms with van der Waals surface area (Å²) in [6.07, 6.45) is 0.173. The zero-order valence-electron chi connectivity index (χ0n) is 8.84. The summed E-state index contributed by atoms with van der Waals surface area (Å²) in [5.41, 5.74) is 7.93. The molecule has 15 heavy (non-hydrogen) atoms. The summed E-state index contributed by atoms with van der Waals surface area (Å²) in [6, 6.07) is 3.42. The molecule has 2 N–H and O–H groups in total. The van der Waals surface area contributed by atoms with E-state index in [1.165, 1.54) is 0 Å². The summed E-state index contributed by atoms with van der Waals surface area (Å²) in [4.78, 5) is 11.3. The number of rotatable bonds is 3. The Morgan fingerprint density at radius 3 is 2.80 bits per heavy atom. The highest BCUT2D eigenvalue weighted by atomic mass is 35.5. The molecule has 3 nitrogen and oxygen atoms in total. The summed E-state index contributed by atoms with van der Waals surface area (Å²) in [7, 11) is 0. The molecule has 0 heterocycles. The molecule has 82 valence electrons. The van der Waals surface area contributed by atoms with Crippen LogP contribution in [-0.4, -0.2) is 12.6 Å². The monoisotopic (exact) mass is 227 g/mol. The van der Waals surface area contributed by atoms with Gasteiger partial charge in [-0.15, -0.1) is 0 Å². The predicted molar refractivity (Wildman–Crippen MR) is 60.9 cm³/mol. The van der Waals surface area contributed by atoms with Gasteiger partial charge in [-0.25, -0.2) is 0 Å². The number of hydrogen-bond acceptors (Lipinski definition) is 3. The summed E-state index contributed by atoms with van der Waals surface area (Å²) in [5.74, 6) is -0.283. The quantitative estimate of drug-likeness (QED) is 0.637. The van der Waals surface area contributed by atoms with Gasteiger partial charge < -0.3 is 10.5 Å². The maximum atomic E-state index is 11.3. The lowest BCUT2D eigenvalue weighted by Gasteiger charge is -2.10. The fourth-order valence-electron chi connectivity index (χ4n) is 1.34. The predicted octanol–water partition coefficient (Wildman–Crippen LogP) is 2.34. The molecule has 0 fully saturated rings. The number of carbonyl (C=O) groups is 1. The van der Waals surface area contributed by atoms with Gasteiger partial charge in [0.05, 0.1) is 13.0 Å². The molecule has 0 aliphatic rings. The topological polar surface area (TPSA) is 52.3 Å². The van der Waals surface area contributed by atoms with E-state index in [2.05, 4.69) is 0 Å². The Balaban J connectivity index is 2.93. The number of hydrogen-bond donors (Lipinski definition) is 1. The van der Waals surface area contributed by atoms with E-state index in [1.54, 1.807) is 19.1 Å². The van der Waals surface area contributed by atoms with Crippen LogP contribution >= 0.6 is 11.6 Å². The van der Waals surface area contributed by atoms with Crippen molar-refractivity contribution in [3.05, 3.63) is 28.3 Å². The molecule has 1 rings (SSSR count). The molecule has 4 heteroatoms. The third-order valence-electron chi connectivity index (χ3n) is 2.20. The second-order valence-corrected chi connectivity index (χ2v) is 3.63. The molecule has 0 unspecified atom stereocenters. The highest BCUT2D eigenvalue weighted by molar-refractivity contribution is 6.31. The maximum Gasteiger partial charge on any atom is 0.310 e. The summed E-state index contributed by atoms with van der Waals surface area (Å²) >= 11 is 5.94. The van der Waals surface area contributed by atoms with E-state index in [9.17, 15) is 4.79 Å². The number of benzene rings is 1. The Bertz CT molecular complexity index is 377. The average molecular weight is 228 g/mol. The Morgan fingerprint density at radius 1 is 1.53 bits per heavy atom. The van der Waals surface area contributed by atoms with Gasteiger partial charge in [0.15, 0.2) is 0 Å². The van der Waals surface area contributed by atoms with Crippen LogP contribution in [-0.2, 0) is 16.0 Å². The average Bonchev–Trinajstić information content (AvgIpc) is 2.19. The Hall–Kier alpha value is -1.22. The smallest absolute Gasteiger partial charge is 0.310 e. The third kappa shape index (κ3) is 2.86. The third-order valence-corrected chi connectivity index (χ3v) is 2.60. The minimum absolute atomic E-state index is 0.173. The van der Waals surface area contributed by atoms with Gasteiger partial charge in [0, 0.05) is 10.7 Å². The second kappa shape index (κ2) is 5.03. The van der Waals surface area contributed by atoms with E-state index < -0.39 is 0 Å². The molecule has 0 aliphatic heterocycles. The number of esters is 1. The lowest BCUT2D eigenvalue weighted by Crippen LogP contribution is -2.10. The zero-order valence-corrected chi connectivity index (χ0v) is 9.60. The number of halogens is 1. The van der Waals surface area contributed by atoms with Crippen molar-refractivity contribution in [2.45, 2.75) is 20.3 Å². The van der Waals surface area contributed by atoms with Crippen LogP contribution in [0.2, 0.25) is 5.02 Å². The normalized spacial score (nSPS) is 10.1. The summed E-state index contributed by atoms with van der Waals surface area (Å²) in [5, 5.41) is 0.614. The molecular weight excluding hydrogens is 214 g/mol. The molecule has 0 amide bonds. The van der Waals surface area contributed by atoms with Crippen molar-refractivity contribution in [2.75, 3.05) is 12.3 Å². The van der Waals surface area contributed by atoms with Crippen molar-refractivity contribution < 1.29 is 9.53 Å². The molecule has 0 spiro atoms. The number of nitrogens with two attached hydrogens (primary N) is 1. The van der Waals surface area contributed by atoms with Crippen LogP contribution in [0.3, 0.4) is 0 Å². The molecule has 1 aromatic carbocycles. The molecule has 0 saturated carbocycles. The Kier molecular flexibility index (Phi) is 3.97. The van der Waals surface area contributed by atoms with E-state index in [-0.39, 0.29) is 12.4 Å². The van der Waals surface area contributed by atoms with Crippen LogP contribution in [0.15, 0.2) is 12.1 Å². The number of anilines is 1. The van der Waals surface area contributed by atoms with Gasteiger partial charge in [0.25, 0.3) is 0 Å². The maximum absolute atomic E-state index is 11.3. The SMILES string of the molecule is CCOC(=O)Cc1c(N)ccc(Cl)c1C. The van der Waals surface area contributed by atoms with Crippen molar-refractivity contribution in [1.29, 1.82) is 0 Å². The van der Waals surface area contributed by atoms with E-state index in [0.29, 0.717) is 17.3 Å². The number of ether oxygens (including phenoxy) is 1. The summed E-state index contributed by atoms with van der Waals surface area (Å²) < 4.78 is 4.86. The van der Waals surface area contributed by atoms with Gasteiger partial charge in [0.1, 0.15) is 0 Å². The van der Waals surface area contributed by atoms with Crippen LogP contribution in [0.4, 0.5) is 5.69 Å². The minimum atomic E-state index is -0.283. The molecule has 0 bridgehead atoms. The van der Waals surface area contributed by atoms with E-state index in [4.69, 9.17) is 22.1 Å². The largest absolute Gasteiger partial charge is 0.466 e. The second-order valence-electron chi connectivity index (χ2n) is 3.22. The first-order valence-corrected chi connectivity index (χ1v) is 5.13. The summed E-state index contributed by atoms with van der Waals surface area (Å²) in [6.45, 7) is 3.98. The lowest BCUT2D eigenvalue weighted by atomic mass is 10.0. The Morgan fingerprint density at radius 2 is 2.20 bits per heavy atom. The van der Waals surface area contributed by atoms with Crippen molar-refractivity contribution >= 4 is 23.3 Å². The van der Waals surface area contributed by atoms with Gasteiger partial charge >= 0.3 is 5.97 Å². The molecular formula is C11H14ClNO2.